The molecule has 1 amide bonds. The van der Waals surface area contributed by atoms with Gasteiger partial charge in [0.25, 0.3) is 5.91 Å². The topological polar surface area (TPSA) is 137 Å². The summed E-state index contributed by atoms with van der Waals surface area (Å²) in [5, 5.41) is 26.8. The van der Waals surface area contributed by atoms with Gasteiger partial charge in [-0.2, -0.15) is 5.26 Å². The highest BCUT2D eigenvalue weighted by atomic mass is 16.6. The summed E-state index contributed by atoms with van der Waals surface area (Å²) >= 11 is 0. The van der Waals surface area contributed by atoms with E-state index in [1.54, 1.807) is 29.2 Å². The second-order valence-corrected chi connectivity index (χ2v) is 5.64. The number of rotatable bonds is 1. The molecule has 0 saturated carbocycles. The van der Waals surface area contributed by atoms with E-state index in [0.29, 0.717) is 24.3 Å². The van der Waals surface area contributed by atoms with Crippen molar-refractivity contribution >= 4 is 11.6 Å². The highest BCUT2D eigenvalue weighted by Gasteiger charge is 2.61. The van der Waals surface area contributed by atoms with Crippen LogP contribution in [0.5, 0.6) is 0 Å². The Hall–Kier alpha value is -3.54. The maximum absolute atomic E-state index is 12.9. The summed E-state index contributed by atoms with van der Waals surface area (Å²) in [6, 6.07) is 8.91. The van der Waals surface area contributed by atoms with Crippen molar-refractivity contribution < 1.29 is 9.72 Å². The summed E-state index contributed by atoms with van der Waals surface area (Å²) in [6.07, 6.45) is 0. The zero-order chi connectivity index (χ0) is 17.1. The van der Waals surface area contributed by atoms with Gasteiger partial charge in [-0.3, -0.25) is 14.9 Å². The van der Waals surface area contributed by atoms with E-state index >= 15 is 0 Å². The first-order valence-corrected chi connectivity index (χ1v) is 7.25. The average Bonchev–Trinajstić information content (AvgIpc) is 3.12. The first-order chi connectivity index (χ1) is 11.5. The van der Waals surface area contributed by atoms with E-state index in [1.807, 2.05) is 6.07 Å². The van der Waals surface area contributed by atoms with Crippen LogP contribution in [0, 0.1) is 21.4 Å². The van der Waals surface area contributed by atoms with Crippen LogP contribution in [0.1, 0.15) is 5.56 Å². The lowest BCUT2D eigenvalue weighted by Crippen LogP contribution is -2.54. The van der Waals surface area contributed by atoms with Gasteiger partial charge >= 0.3 is 5.70 Å². The molecule has 9 nitrogen and oxygen atoms in total. The maximum Gasteiger partial charge on any atom is 0.333 e. The van der Waals surface area contributed by atoms with Gasteiger partial charge in [0.1, 0.15) is 11.8 Å². The Morgan fingerprint density at radius 3 is 2.88 bits per heavy atom. The van der Waals surface area contributed by atoms with Crippen LogP contribution in [0.2, 0.25) is 0 Å². The second-order valence-electron chi connectivity index (χ2n) is 5.64. The number of nitrogens with two attached hydrogens (primary N) is 1. The molecule has 0 aromatic heterocycles. The van der Waals surface area contributed by atoms with Gasteiger partial charge in [-0.05, 0) is 6.07 Å². The number of carbonyl (C=O) groups is 1. The standard InChI is InChI=1S/C15H12N6O3/c16-7-9-11(17)12(21(23)24)13-18-5-6-20(13)15(9)8-3-1-2-4-10(8)19-14(15)22/h1-4,18H,5-6,17H2,(H,19,22). The molecule has 120 valence electrons. The minimum atomic E-state index is -1.48. The Kier molecular flexibility index (Phi) is 2.63. The van der Waals surface area contributed by atoms with Crippen molar-refractivity contribution in [1.82, 2.24) is 10.2 Å². The van der Waals surface area contributed by atoms with Crippen LogP contribution in [-0.2, 0) is 10.3 Å². The van der Waals surface area contributed by atoms with Gasteiger partial charge in [-0.1, -0.05) is 18.2 Å². The Balaban J connectivity index is 2.10. The van der Waals surface area contributed by atoms with E-state index in [-0.39, 0.29) is 22.8 Å². The fourth-order valence-corrected chi connectivity index (χ4v) is 3.70. The third-order valence-corrected chi connectivity index (χ3v) is 4.60. The average molecular weight is 324 g/mol. The largest absolute Gasteiger partial charge is 0.392 e. The zero-order valence-electron chi connectivity index (χ0n) is 12.4. The van der Waals surface area contributed by atoms with Crippen molar-refractivity contribution in [1.29, 1.82) is 5.26 Å². The number of benzene rings is 1. The van der Waals surface area contributed by atoms with E-state index in [4.69, 9.17) is 5.73 Å². The monoisotopic (exact) mass is 324 g/mol. The van der Waals surface area contributed by atoms with Gasteiger partial charge in [-0.25, -0.2) is 0 Å². The number of nitriles is 1. The van der Waals surface area contributed by atoms with Crippen LogP contribution in [0.4, 0.5) is 5.69 Å². The fraction of sp³-hybridized carbons (Fsp3) is 0.200. The Morgan fingerprint density at radius 2 is 2.17 bits per heavy atom. The number of hydrogen-bond acceptors (Lipinski definition) is 7. The quantitative estimate of drug-likeness (QED) is 0.486. The summed E-state index contributed by atoms with van der Waals surface area (Å²) in [4.78, 5) is 25.3. The van der Waals surface area contributed by atoms with Gasteiger partial charge in [0, 0.05) is 24.3 Å². The van der Waals surface area contributed by atoms with Crippen molar-refractivity contribution in [3.63, 3.8) is 0 Å². The molecule has 0 bridgehead atoms. The fourth-order valence-electron chi connectivity index (χ4n) is 3.70. The Bertz CT molecular complexity index is 912. The van der Waals surface area contributed by atoms with Crippen LogP contribution in [0.15, 0.2) is 47.1 Å². The molecule has 1 aromatic rings. The Labute approximate surface area is 136 Å². The lowest BCUT2D eigenvalue weighted by atomic mass is 9.79. The third-order valence-electron chi connectivity index (χ3n) is 4.60. The van der Waals surface area contributed by atoms with Crippen molar-refractivity contribution in [2.75, 3.05) is 18.4 Å². The SMILES string of the molecule is N#CC1=C(N)C([N+](=O)[O-])=C2NCCN2C12C(=O)Nc1ccccc12. The third kappa shape index (κ3) is 1.40. The summed E-state index contributed by atoms with van der Waals surface area (Å²) in [7, 11) is 0. The molecule has 9 heteroatoms. The highest BCUT2D eigenvalue weighted by Crippen LogP contribution is 2.50. The summed E-state index contributed by atoms with van der Waals surface area (Å²) in [6.45, 7) is 0.753. The zero-order valence-corrected chi connectivity index (χ0v) is 12.4. The number of amides is 1. The van der Waals surface area contributed by atoms with Crippen molar-refractivity contribution in [2.24, 2.45) is 5.73 Å². The molecule has 1 unspecified atom stereocenters. The van der Waals surface area contributed by atoms with Crippen LogP contribution in [0.25, 0.3) is 0 Å². The second kappa shape index (κ2) is 4.48. The maximum atomic E-state index is 12.9. The lowest BCUT2D eigenvalue weighted by Gasteiger charge is -2.40. The molecule has 1 spiro atoms. The number of anilines is 1. The molecule has 1 saturated heterocycles. The molecule has 0 radical (unpaired) electrons. The van der Waals surface area contributed by atoms with Crippen LogP contribution >= 0.6 is 0 Å². The molecule has 4 rings (SSSR count). The van der Waals surface area contributed by atoms with Gasteiger partial charge in [-0.15, -0.1) is 0 Å². The smallest absolute Gasteiger partial charge is 0.333 e. The van der Waals surface area contributed by atoms with E-state index in [9.17, 15) is 20.2 Å². The van der Waals surface area contributed by atoms with Crippen LogP contribution in [0.3, 0.4) is 0 Å². The minimum Gasteiger partial charge on any atom is -0.392 e. The van der Waals surface area contributed by atoms with Crippen LogP contribution < -0.4 is 16.4 Å². The molecule has 24 heavy (non-hydrogen) atoms. The Morgan fingerprint density at radius 1 is 1.42 bits per heavy atom. The highest BCUT2D eigenvalue weighted by molar-refractivity contribution is 6.09. The van der Waals surface area contributed by atoms with E-state index in [2.05, 4.69) is 10.6 Å². The van der Waals surface area contributed by atoms with Crippen LogP contribution in [-0.4, -0.2) is 28.8 Å². The van der Waals surface area contributed by atoms with Crippen molar-refractivity contribution in [3.05, 3.63) is 62.7 Å². The molecular weight excluding hydrogens is 312 g/mol. The molecule has 3 aliphatic heterocycles. The van der Waals surface area contributed by atoms with Gasteiger partial charge in [0.15, 0.2) is 11.4 Å². The molecule has 1 aromatic carbocycles. The summed E-state index contributed by atoms with van der Waals surface area (Å²) in [5.41, 5.74) is 4.86. The predicted octanol–water partition coefficient (Wildman–Crippen LogP) is -0.0650. The number of para-hydroxylation sites is 1. The first kappa shape index (κ1) is 14.1. The van der Waals surface area contributed by atoms with E-state index in [0.717, 1.165) is 0 Å². The predicted molar refractivity (Wildman–Crippen MR) is 82.3 cm³/mol. The number of nitrogens with zero attached hydrogens (tertiary/aromatic N) is 3. The summed E-state index contributed by atoms with van der Waals surface area (Å²) < 4.78 is 0. The van der Waals surface area contributed by atoms with E-state index in [1.165, 1.54) is 0 Å². The molecular formula is C15H12N6O3. The number of nitro groups is 1. The number of fused-ring (bicyclic) bond motifs is 4. The number of hydrogen-bond donors (Lipinski definition) is 3. The molecule has 4 N–H and O–H groups in total. The summed E-state index contributed by atoms with van der Waals surface area (Å²) in [5.74, 6) is -0.268. The normalized spacial score (nSPS) is 24.5. The first-order valence-electron chi connectivity index (χ1n) is 7.25. The van der Waals surface area contributed by atoms with E-state index < -0.39 is 16.4 Å². The van der Waals surface area contributed by atoms with Gasteiger partial charge in [0.2, 0.25) is 0 Å². The molecule has 3 heterocycles. The van der Waals surface area contributed by atoms with Crippen molar-refractivity contribution in [2.45, 2.75) is 5.54 Å². The lowest BCUT2D eigenvalue weighted by molar-refractivity contribution is -0.424. The molecule has 3 aliphatic rings. The minimum absolute atomic E-state index is 0.121. The number of nitrogens with one attached hydrogen (secondary N) is 2. The van der Waals surface area contributed by atoms with Gasteiger partial charge in [0.05, 0.1) is 10.5 Å². The van der Waals surface area contributed by atoms with Gasteiger partial charge < -0.3 is 21.3 Å². The molecule has 1 atom stereocenters. The number of carbonyl (C=O) groups excluding carboxylic acids is 1. The molecule has 0 aliphatic carbocycles. The molecule has 1 fully saturated rings. The van der Waals surface area contributed by atoms with Crippen molar-refractivity contribution in [3.8, 4) is 6.07 Å².